The molecule has 0 heterocycles. The van der Waals surface area contributed by atoms with Gasteiger partial charge in [-0.25, -0.2) is 4.18 Å². The van der Waals surface area contributed by atoms with Gasteiger partial charge in [-0.15, -0.1) is 0 Å². The number of aliphatic hydroxyl groups excluding tert-OH is 1. The molecule has 0 fully saturated rings. The van der Waals surface area contributed by atoms with Crippen molar-refractivity contribution in [1.82, 2.24) is 4.90 Å². The van der Waals surface area contributed by atoms with Crippen molar-refractivity contribution in [1.29, 1.82) is 0 Å². The molecule has 31 heavy (non-hydrogen) atoms. The van der Waals surface area contributed by atoms with Gasteiger partial charge in [-0.1, -0.05) is 90.7 Å². The topological polar surface area (TPSA) is 87.1 Å². The summed E-state index contributed by atoms with van der Waals surface area (Å²) >= 11 is 0. The predicted molar refractivity (Wildman–Crippen MR) is 132 cm³/mol. The van der Waals surface area contributed by atoms with Crippen LogP contribution in [0.25, 0.3) is 0 Å². The summed E-state index contributed by atoms with van der Waals surface area (Å²) in [5, 5.41) is 8.46. The van der Waals surface area contributed by atoms with Gasteiger partial charge in [-0.05, 0) is 45.2 Å². The third-order valence-corrected chi connectivity index (χ3v) is 5.66. The Balaban J connectivity index is 0. The minimum absolute atomic E-state index is 0.0833. The van der Waals surface area contributed by atoms with Crippen LogP contribution < -0.4 is 0 Å². The SMILES string of the molecule is CCCCCCCCC=CCCCCCCCCOS(=O)(=O)O.CCN(CC)CCO. The van der Waals surface area contributed by atoms with E-state index in [4.69, 9.17) is 9.66 Å². The lowest BCUT2D eigenvalue weighted by atomic mass is 10.1. The zero-order valence-electron chi connectivity index (χ0n) is 20.6. The highest BCUT2D eigenvalue weighted by molar-refractivity contribution is 7.80. The first-order chi connectivity index (χ1) is 14.9. The summed E-state index contributed by atoms with van der Waals surface area (Å²) in [6.45, 7) is 9.70. The van der Waals surface area contributed by atoms with Crippen molar-refractivity contribution in [3.05, 3.63) is 12.2 Å². The zero-order chi connectivity index (χ0) is 23.6. The number of likely N-dealkylation sites (N-methyl/N-ethyl adjacent to an activating group) is 1. The predicted octanol–water partition coefficient (Wildman–Crippen LogP) is 6.16. The van der Waals surface area contributed by atoms with Crippen LogP contribution in [0.2, 0.25) is 0 Å². The smallest absolute Gasteiger partial charge is 0.395 e. The first kappa shape index (κ1) is 32.7. The number of allylic oxidation sites excluding steroid dienone is 2. The summed E-state index contributed by atoms with van der Waals surface area (Å²) in [6, 6.07) is 0. The monoisotopic (exact) mass is 465 g/mol. The molecule has 7 heteroatoms. The van der Waals surface area contributed by atoms with Gasteiger partial charge in [0.1, 0.15) is 0 Å². The van der Waals surface area contributed by atoms with Crippen LogP contribution in [0.3, 0.4) is 0 Å². The highest BCUT2D eigenvalue weighted by Gasteiger charge is 2.02. The molecule has 6 nitrogen and oxygen atoms in total. The summed E-state index contributed by atoms with van der Waals surface area (Å²) in [4.78, 5) is 2.18. The lowest BCUT2D eigenvalue weighted by Gasteiger charge is -2.15. The third kappa shape index (κ3) is 31.8. The summed E-state index contributed by atoms with van der Waals surface area (Å²) in [7, 11) is -4.25. The van der Waals surface area contributed by atoms with Gasteiger partial charge in [-0.2, -0.15) is 8.42 Å². The van der Waals surface area contributed by atoms with Crippen LogP contribution >= 0.6 is 0 Å². The van der Waals surface area contributed by atoms with E-state index in [-0.39, 0.29) is 13.2 Å². The molecule has 0 bridgehead atoms. The second-order valence-corrected chi connectivity index (χ2v) is 9.03. The van der Waals surface area contributed by atoms with Gasteiger partial charge in [0.25, 0.3) is 0 Å². The minimum Gasteiger partial charge on any atom is -0.395 e. The number of hydrogen-bond donors (Lipinski definition) is 2. The minimum atomic E-state index is -4.25. The molecule has 188 valence electrons. The fourth-order valence-electron chi connectivity index (χ4n) is 3.20. The van der Waals surface area contributed by atoms with Gasteiger partial charge >= 0.3 is 10.4 Å². The molecular weight excluding hydrogens is 414 g/mol. The average Bonchev–Trinajstić information content (AvgIpc) is 2.74. The van der Waals surface area contributed by atoms with Crippen molar-refractivity contribution in [3.63, 3.8) is 0 Å². The van der Waals surface area contributed by atoms with Crippen molar-refractivity contribution in [2.75, 3.05) is 32.8 Å². The van der Waals surface area contributed by atoms with Crippen LogP contribution in [0, 0.1) is 0 Å². The molecule has 0 unspecified atom stereocenters. The normalized spacial score (nSPS) is 11.8. The summed E-state index contributed by atoms with van der Waals surface area (Å²) in [5.74, 6) is 0. The number of rotatable bonds is 21. The molecule has 0 aliphatic rings. The summed E-state index contributed by atoms with van der Waals surface area (Å²) in [5.41, 5.74) is 0. The van der Waals surface area contributed by atoms with Crippen molar-refractivity contribution in [3.8, 4) is 0 Å². The molecule has 0 aromatic carbocycles. The molecule has 2 N–H and O–H groups in total. The molecule has 0 aliphatic carbocycles. The Hall–Kier alpha value is -0.470. The Kier molecular flexibility index (Phi) is 27.2. The Morgan fingerprint density at radius 2 is 1.19 bits per heavy atom. The number of unbranched alkanes of at least 4 members (excludes halogenated alkanes) is 12. The summed E-state index contributed by atoms with van der Waals surface area (Å²) in [6.07, 6.45) is 21.5. The maximum absolute atomic E-state index is 10.3. The number of hydrogen-bond acceptors (Lipinski definition) is 5. The molecule has 0 aromatic heterocycles. The maximum Gasteiger partial charge on any atom is 0.397 e. The van der Waals surface area contributed by atoms with E-state index in [9.17, 15) is 8.42 Å². The fraction of sp³-hybridized carbons (Fsp3) is 0.917. The van der Waals surface area contributed by atoms with Crippen molar-refractivity contribution in [2.45, 2.75) is 111 Å². The first-order valence-corrected chi connectivity index (χ1v) is 13.9. The summed E-state index contributed by atoms with van der Waals surface area (Å²) < 4.78 is 33.3. The van der Waals surface area contributed by atoms with Crippen LogP contribution in [0.15, 0.2) is 12.2 Å². The molecule has 0 saturated heterocycles. The van der Waals surface area contributed by atoms with Gasteiger partial charge in [0.05, 0.1) is 13.2 Å². The Morgan fingerprint density at radius 3 is 1.58 bits per heavy atom. The fourth-order valence-corrected chi connectivity index (χ4v) is 3.52. The average molecular weight is 466 g/mol. The number of nitrogens with zero attached hydrogens (tertiary/aromatic N) is 1. The van der Waals surface area contributed by atoms with E-state index in [0.29, 0.717) is 6.42 Å². The van der Waals surface area contributed by atoms with Gasteiger partial charge < -0.3 is 10.0 Å². The van der Waals surface area contributed by atoms with E-state index in [2.05, 4.69) is 42.0 Å². The van der Waals surface area contributed by atoms with E-state index < -0.39 is 10.4 Å². The first-order valence-electron chi connectivity index (χ1n) is 12.5. The van der Waals surface area contributed by atoms with Crippen LogP contribution in [-0.4, -0.2) is 55.8 Å². The molecule has 0 spiro atoms. The third-order valence-electron chi connectivity index (χ3n) is 5.20. The highest BCUT2D eigenvalue weighted by Crippen LogP contribution is 2.10. The van der Waals surface area contributed by atoms with Gasteiger partial charge in [0, 0.05) is 6.54 Å². The molecule has 0 rings (SSSR count). The molecule has 0 saturated carbocycles. The van der Waals surface area contributed by atoms with Crippen LogP contribution in [-0.2, 0) is 14.6 Å². The molecule has 0 atom stereocenters. The standard InChI is InChI=1S/C18H36O4S.C6H15NO/c1-2-3-4-5-6-7-8-9-10-11-12-13-14-15-16-17-18-22-23(19,20)21;1-3-7(4-2)5-6-8/h9-10H,2-8,11-18H2,1H3,(H,19,20,21);8H,3-6H2,1-2H3. The molecule has 0 aromatic rings. The van der Waals surface area contributed by atoms with E-state index in [1.54, 1.807) is 0 Å². The van der Waals surface area contributed by atoms with E-state index >= 15 is 0 Å². The van der Waals surface area contributed by atoms with E-state index in [1.165, 1.54) is 70.6 Å². The van der Waals surface area contributed by atoms with Crippen LogP contribution in [0.4, 0.5) is 0 Å². The largest absolute Gasteiger partial charge is 0.397 e. The Labute approximate surface area is 193 Å². The van der Waals surface area contributed by atoms with Crippen LogP contribution in [0.5, 0.6) is 0 Å². The lowest BCUT2D eigenvalue weighted by molar-refractivity contribution is 0.208. The zero-order valence-corrected chi connectivity index (χ0v) is 21.4. The van der Waals surface area contributed by atoms with E-state index in [0.717, 1.165) is 32.5 Å². The van der Waals surface area contributed by atoms with Gasteiger partial charge in [0.15, 0.2) is 0 Å². The molecule has 0 aliphatic heterocycles. The quantitative estimate of drug-likeness (QED) is 0.120. The van der Waals surface area contributed by atoms with Gasteiger partial charge in [-0.3, -0.25) is 4.55 Å². The van der Waals surface area contributed by atoms with E-state index in [1.807, 2.05) is 0 Å². The highest BCUT2D eigenvalue weighted by atomic mass is 32.3. The Bertz CT molecular complexity index is 465. The second kappa shape index (κ2) is 25.8. The lowest BCUT2D eigenvalue weighted by Crippen LogP contribution is -2.25. The molecule has 0 amide bonds. The van der Waals surface area contributed by atoms with Crippen molar-refractivity contribution >= 4 is 10.4 Å². The Morgan fingerprint density at radius 1 is 0.742 bits per heavy atom. The van der Waals surface area contributed by atoms with Crippen LogP contribution in [0.1, 0.15) is 111 Å². The second-order valence-electron chi connectivity index (χ2n) is 7.94. The number of aliphatic hydroxyl groups is 1. The van der Waals surface area contributed by atoms with Crippen molar-refractivity contribution in [2.24, 2.45) is 0 Å². The molecular formula is C24H51NO5S. The molecule has 0 radical (unpaired) electrons. The maximum atomic E-state index is 10.3. The van der Waals surface area contributed by atoms with Gasteiger partial charge in [0.2, 0.25) is 0 Å². The van der Waals surface area contributed by atoms with Crippen molar-refractivity contribution < 1.29 is 22.3 Å².